The number of methoxy groups -OCH3 is 3. The number of thioether (sulfide) groups is 1. The van der Waals surface area contributed by atoms with E-state index in [2.05, 4.69) is 10.6 Å². The number of aliphatic carboxylic acids is 1. The van der Waals surface area contributed by atoms with E-state index in [0.29, 0.717) is 84.7 Å². The summed E-state index contributed by atoms with van der Waals surface area (Å²) >= 11 is 1.57. The fourth-order valence-corrected chi connectivity index (χ4v) is 7.96. The molecule has 1 aliphatic heterocycles. The molecule has 7 rings (SSSR count). The molecule has 10 nitrogen and oxygen atoms in total. The van der Waals surface area contributed by atoms with Crippen LogP contribution in [0.1, 0.15) is 24.5 Å². The Morgan fingerprint density at radius 3 is 2.42 bits per heavy atom. The van der Waals surface area contributed by atoms with Gasteiger partial charge >= 0.3 is 5.97 Å². The predicted molar refractivity (Wildman–Crippen MR) is 170 cm³/mol. The van der Waals surface area contributed by atoms with Gasteiger partial charge in [0.05, 0.1) is 54.8 Å². The highest BCUT2D eigenvalue weighted by molar-refractivity contribution is 7.99. The number of fused-ring (bicyclic) bond motifs is 3. The van der Waals surface area contributed by atoms with Gasteiger partial charge in [-0.15, -0.1) is 11.8 Å². The minimum absolute atomic E-state index is 0.0505. The van der Waals surface area contributed by atoms with Gasteiger partial charge in [0.15, 0.2) is 16.9 Å². The topological polar surface area (TPSA) is 143 Å². The lowest BCUT2D eigenvalue weighted by Crippen LogP contribution is -2.21. The van der Waals surface area contributed by atoms with Crippen molar-refractivity contribution in [1.82, 2.24) is 0 Å². The molecule has 5 aromatic rings. The van der Waals surface area contributed by atoms with E-state index in [4.69, 9.17) is 14.2 Å². The van der Waals surface area contributed by atoms with Gasteiger partial charge in [-0.2, -0.15) is 0 Å². The lowest BCUT2D eigenvalue weighted by atomic mass is 9.83. The summed E-state index contributed by atoms with van der Waals surface area (Å²) in [4.78, 5) is 40.4. The summed E-state index contributed by atoms with van der Waals surface area (Å²) in [5, 5.41) is 31.7. The van der Waals surface area contributed by atoms with Crippen molar-refractivity contribution in [2.45, 2.75) is 24.7 Å². The molecule has 4 N–H and O–H groups in total. The van der Waals surface area contributed by atoms with Crippen LogP contribution in [0.25, 0.3) is 49.2 Å². The molecule has 0 amide bonds. The van der Waals surface area contributed by atoms with Crippen molar-refractivity contribution in [2.24, 2.45) is 0 Å². The number of aromatic hydroxyl groups is 1. The molecule has 0 atom stereocenters. The first kappa shape index (κ1) is 27.2. The number of allylic oxidation sites excluding steroid dienone is 1. The Bertz CT molecular complexity index is 2190. The molecule has 0 radical (unpaired) electrons. The number of phenols is 1. The van der Waals surface area contributed by atoms with Crippen molar-refractivity contribution >= 4 is 78.3 Å². The second-order valence-corrected chi connectivity index (χ2v) is 11.9. The molecule has 43 heavy (non-hydrogen) atoms. The van der Waals surface area contributed by atoms with Gasteiger partial charge in [-0.05, 0) is 24.3 Å². The van der Waals surface area contributed by atoms with E-state index >= 15 is 0 Å². The smallest absolute Gasteiger partial charge is 0.305 e. The zero-order chi connectivity index (χ0) is 30.3. The van der Waals surface area contributed by atoms with E-state index in [9.17, 15) is 24.6 Å². The quantitative estimate of drug-likeness (QED) is 0.148. The van der Waals surface area contributed by atoms with Crippen molar-refractivity contribution in [2.75, 3.05) is 50.8 Å². The van der Waals surface area contributed by atoms with Gasteiger partial charge in [0.2, 0.25) is 5.43 Å². The van der Waals surface area contributed by atoms with Crippen molar-refractivity contribution in [3.05, 3.63) is 43.2 Å². The van der Waals surface area contributed by atoms with Crippen LogP contribution in [-0.4, -0.2) is 56.4 Å². The number of nitrogens with one attached hydrogen (secondary N) is 2. The molecule has 2 aliphatic rings. The summed E-state index contributed by atoms with van der Waals surface area (Å²) in [6.45, 7) is 2.61. The number of anilines is 2. The van der Waals surface area contributed by atoms with Crippen molar-refractivity contribution < 1.29 is 29.2 Å². The van der Waals surface area contributed by atoms with E-state index in [1.165, 1.54) is 20.3 Å². The Hall–Kier alpha value is -4.64. The summed E-state index contributed by atoms with van der Waals surface area (Å²) < 4.78 is 17.7. The van der Waals surface area contributed by atoms with E-state index in [1.807, 2.05) is 13.0 Å². The highest BCUT2D eigenvalue weighted by Gasteiger charge is 2.35. The molecule has 1 heterocycles. The minimum atomic E-state index is -0.984. The summed E-state index contributed by atoms with van der Waals surface area (Å²) in [6.07, 6.45) is 2.09. The zero-order valence-electron chi connectivity index (χ0n) is 23.9. The first-order chi connectivity index (χ1) is 20.7. The van der Waals surface area contributed by atoms with Gasteiger partial charge in [0.25, 0.3) is 0 Å². The summed E-state index contributed by atoms with van der Waals surface area (Å²) in [5.41, 5.74) is 2.42. The van der Waals surface area contributed by atoms with E-state index in [0.717, 1.165) is 16.2 Å². The van der Waals surface area contributed by atoms with Gasteiger partial charge < -0.3 is 35.1 Å². The number of phenolic OH excluding ortho intramolecular Hbond substituents is 1. The van der Waals surface area contributed by atoms with Gasteiger partial charge in [0.1, 0.15) is 11.5 Å². The minimum Gasteiger partial charge on any atom is -0.504 e. The van der Waals surface area contributed by atoms with E-state index in [1.54, 1.807) is 18.9 Å². The first-order valence-electron chi connectivity index (χ1n) is 13.8. The van der Waals surface area contributed by atoms with Crippen LogP contribution in [0.4, 0.5) is 11.4 Å². The third-order valence-electron chi connectivity index (χ3n) is 8.45. The highest BCUT2D eigenvalue weighted by Crippen LogP contribution is 2.57. The molecule has 0 bridgehead atoms. The number of benzene rings is 5. The Labute approximate surface area is 248 Å². The number of carbonyl (C=O) groups is 1. The van der Waals surface area contributed by atoms with Crippen molar-refractivity contribution in [3.8, 4) is 23.0 Å². The van der Waals surface area contributed by atoms with Crippen LogP contribution in [0.2, 0.25) is 0 Å². The largest absolute Gasteiger partial charge is 0.504 e. The van der Waals surface area contributed by atoms with Crippen LogP contribution >= 0.6 is 11.8 Å². The second kappa shape index (κ2) is 9.70. The molecule has 0 aromatic heterocycles. The number of carboxylic acids is 1. The molecule has 11 heteroatoms. The van der Waals surface area contributed by atoms with E-state index in [-0.39, 0.29) is 35.3 Å². The van der Waals surface area contributed by atoms with Gasteiger partial charge in [-0.25, -0.2) is 0 Å². The molecular weight excluding hydrogens is 572 g/mol. The van der Waals surface area contributed by atoms with Crippen LogP contribution in [0.15, 0.2) is 26.1 Å². The maximum atomic E-state index is 14.6. The average Bonchev–Trinajstić information content (AvgIpc) is 3.13. The molecule has 220 valence electrons. The van der Waals surface area contributed by atoms with Crippen LogP contribution in [0.3, 0.4) is 0 Å². The molecule has 0 spiro atoms. The van der Waals surface area contributed by atoms with Crippen LogP contribution in [-0.2, 0) is 11.2 Å². The summed E-state index contributed by atoms with van der Waals surface area (Å²) in [7, 11) is 4.51. The Morgan fingerprint density at radius 1 is 0.977 bits per heavy atom. The van der Waals surface area contributed by atoms with Crippen molar-refractivity contribution in [3.63, 3.8) is 0 Å². The lowest BCUT2D eigenvalue weighted by Gasteiger charge is -2.28. The molecule has 0 saturated heterocycles. The third kappa shape index (κ3) is 3.57. The number of hydrogen-bond acceptors (Lipinski definition) is 10. The van der Waals surface area contributed by atoms with Gasteiger partial charge in [0, 0.05) is 57.4 Å². The molecular formula is C32H28N2O8S. The van der Waals surface area contributed by atoms with E-state index < -0.39 is 11.4 Å². The monoisotopic (exact) mass is 600 g/mol. The van der Waals surface area contributed by atoms with Crippen LogP contribution in [0, 0.1) is 0 Å². The van der Waals surface area contributed by atoms with Gasteiger partial charge in [-0.3, -0.25) is 14.4 Å². The molecule has 0 unspecified atom stereocenters. The fourth-order valence-electron chi connectivity index (χ4n) is 6.92. The number of rotatable bonds is 7. The van der Waals surface area contributed by atoms with Crippen LogP contribution < -0.4 is 35.7 Å². The SMILES string of the molecule is COc1c(O)c2c(=O)cc(OC)c3c4c(OC)c5c(c6c(=O)c(NCCC(=O)O)c7c(c(c1C=C(C)C7)c23)c64)NCCS5. The summed E-state index contributed by atoms with van der Waals surface area (Å²) in [6, 6.07) is 1.35. The third-order valence-corrected chi connectivity index (χ3v) is 9.54. The van der Waals surface area contributed by atoms with Crippen molar-refractivity contribution in [1.29, 1.82) is 0 Å². The Balaban J connectivity index is 1.89. The summed E-state index contributed by atoms with van der Waals surface area (Å²) in [5.74, 6) is 0.483. The zero-order valence-corrected chi connectivity index (χ0v) is 24.8. The average molecular weight is 601 g/mol. The van der Waals surface area contributed by atoms with Crippen LogP contribution in [0.5, 0.6) is 23.0 Å². The molecule has 5 aromatic carbocycles. The second-order valence-electron chi connectivity index (χ2n) is 10.8. The standard InChI is InChI=1S/C32H28N2O8S/c1-12-9-13-18-19-14(10-12)30(41-3)29(39)20-15(35)11-16(40-2)21(22(19)20)24-23(18)25(28(38)26(13)33-6-5-17(36)37)27-32(31(24)42-4)43-8-7-34-27/h10-11,33-34,39H,5-9H2,1-4H3,(H,36,37). The normalized spacial score (nSPS) is 14.2. The molecule has 0 saturated carbocycles. The number of carboxylic acid groups (broad SMARTS) is 1. The van der Waals surface area contributed by atoms with Gasteiger partial charge in [-0.1, -0.05) is 11.6 Å². The number of hydrogen-bond donors (Lipinski definition) is 4. The number of ether oxygens (including phenoxy) is 3. The highest BCUT2D eigenvalue weighted by atomic mass is 32.2. The molecule has 0 fully saturated rings. The lowest BCUT2D eigenvalue weighted by molar-refractivity contribution is -0.136. The fraction of sp³-hybridized carbons (Fsp3) is 0.281. The predicted octanol–water partition coefficient (Wildman–Crippen LogP) is 4.99. The molecule has 1 aliphatic carbocycles. The first-order valence-corrected chi connectivity index (χ1v) is 14.8. The Morgan fingerprint density at radius 2 is 1.72 bits per heavy atom. The maximum absolute atomic E-state index is 14.6. The maximum Gasteiger partial charge on any atom is 0.305 e. The Kier molecular flexibility index (Phi) is 6.14.